The van der Waals surface area contributed by atoms with Crippen molar-refractivity contribution in [3.8, 4) is 0 Å². The van der Waals surface area contributed by atoms with E-state index < -0.39 is 0 Å². The van der Waals surface area contributed by atoms with Crippen molar-refractivity contribution < 1.29 is 0 Å². The minimum atomic E-state index is 0.429. The summed E-state index contributed by atoms with van der Waals surface area (Å²) in [6.45, 7) is 19.9. The molecule has 4 rings (SSSR count). The summed E-state index contributed by atoms with van der Waals surface area (Å²) in [6, 6.07) is 0. The van der Waals surface area contributed by atoms with Gasteiger partial charge < -0.3 is 0 Å². The second-order valence-corrected chi connectivity index (χ2v) is 10.2. The first-order valence-corrected chi connectivity index (χ1v) is 7.43. The minimum absolute atomic E-state index is 0.429. The van der Waals surface area contributed by atoms with Crippen LogP contribution >= 0.6 is 11.8 Å². The van der Waals surface area contributed by atoms with Crippen LogP contribution < -0.4 is 0 Å². The number of hydrogen-bond acceptors (Lipinski definition) is 1. The zero-order valence-electron chi connectivity index (χ0n) is 12.1. The van der Waals surface area contributed by atoms with E-state index >= 15 is 0 Å². The van der Waals surface area contributed by atoms with E-state index in [0.29, 0.717) is 31.2 Å². The van der Waals surface area contributed by atoms with Crippen LogP contribution in [0.15, 0.2) is 0 Å². The summed E-state index contributed by atoms with van der Waals surface area (Å²) in [5, 5.41) is 0. The average molecular weight is 238 g/mol. The van der Waals surface area contributed by atoms with Gasteiger partial charge in [-0.25, -0.2) is 0 Å². The van der Waals surface area contributed by atoms with Crippen molar-refractivity contribution >= 4 is 11.8 Å². The molecule has 2 aliphatic carbocycles. The highest BCUT2D eigenvalue weighted by Gasteiger charge is 3.00. The molecule has 0 amide bonds. The summed E-state index contributed by atoms with van der Waals surface area (Å²) in [6.07, 6.45) is 1.45. The Bertz CT molecular complexity index is 377. The lowest BCUT2D eigenvalue weighted by molar-refractivity contribution is 0.0562. The van der Waals surface area contributed by atoms with Crippen LogP contribution in [0, 0.1) is 21.7 Å². The van der Waals surface area contributed by atoms with Gasteiger partial charge in [-0.15, -0.1) is 11.8 Å². The lowest BCUT2D eigenvalue weighted by atomic mass is 9.58. The van der Waals surface area contributed by atoms with E-state index in [9.17, 15) is 0 Å². The second-order valence-electron chi connectivity index (χ2n) is 8.56. The summed E-state index contributed by atoms with van der Waals surface area (Å²) in [4.78, 5) is 0. The zero-order chi connectivity index (χ0) is 12.4. The summed E-state index contributed by atoms with van der Waals surface area (Å²) in [5.41, 5.74) is 1.98. The first-order chi connectivity index (χ1) is 6.91. The molecule has 2 heterocycles. The van der Waals surface area contributed by atoms with E-state index in [4.69, 9.17) is 0 Å². The van der Waals surface area contributed by atoms with Crippen LogP contribution in [0.4, 0.5) is 0 Å². The minimum Gasteiger partial charge on any atom is -0.146 e. The monoisotopic (exact) mass is 238 g/mol. The van der Waals surface area contributed by atoms with Crippen LogP contribution in [-0.4, -0.2) is 9.49 Å². The zero-order valence-corrected chi connectivity index (χ0v) is 12.9. The largest absolute Gasteiger partial charge is 0.146 e. The molecule has 92 valence electrons. The summed E-state index contributed by atoms with van der Waals surface area (Å²) < 4.78 is 1.13. The summed E-state index contributed by atoms with van der Waals surface area (Å²) in [7, 11) is 0. The molecule has 2 saturated carbocycles. The molecule has 2 aliphatic heterocycles. The molecule has 4 aliphatic rings. The molecule has 1 spiro atoms. The molecule has 16 heavy (non-hydrogen) atoms. The van der Waals surface area contributed by atoms with Gasteiger partial charge in [0.1, 0.15) is 0 Å². The molecule has 3 unspecified atom stereocenters. The van der Waals surface area contributed by atoms with Crippen molar-refractivity contribution in [2.45, 2.75) is 71.3 Å². The number of rotatable bonds is 0. The second kappa shape index (κ2) is 2.15. The molecule has 0 aromatic carbocycles. The number of hydrogen-bond donors (Lipinski definition) is 0. The molecule has 0 N–H and O–H groups in total. The summed E-state index contributed by atoms with van der Waals surface area (Å²) >= 11 is 2.34. The van der Waals surface area contributed by atoms with Crippen molar-refractivity contribution in [1.29, 1.82) is 0 Å². The van der Waals surface area contributed by atoms with E-state index in [1.807, 2.05) is 0 Å². The Morgan fingerprint density at radius 2 is 1.31 bits per heavy atom. The SMILES string of the molecule is CC(C)(C)C12CC3(S1)C(C)(C)C3(C)C2(C)C. The predicted molar refractivity (Wildman–Crippen MR) is 72.8 cm³/mol. The number of thioether (sulfide) groups is 1. The Labute approximate surface area is 105 Å². The first kappa shape index (κ1) is 11.4. The van der Waals surface area contributed by atoms with Crippen molar-refractivity contribution in [3.63, 3.8) is 0 Å². The van der Waals surface area contributed by atoms with E-state index in [1.54, 1.807) is 0 Å². The predicted octanol–water partition coefficient (Wildman–Crippen LogP) is 4.73. The van der Waals surface area contributed by atoms with Crippen molar-refractivity contribution in [2.75, 3.05) is 0 Å². The maximum atomic E-state index is 2.56. The van der Waals surface area contributed by atoms with Crippen LogP contribution in [0.3, 0.4) is 0 Å². The van der Waals surface area contributed by atoms with Crippen LogP contribution in [0.25, 0.3) is 0 Å². The normalized spacial score (nSPS) is 55.5. The third-order valence-electron chi connectivity index (χ3n) is 7.32. The highest BCUT2D eigenvalue weighted by molar-refractivity contribution is 8.04. The molecule has 0 radical (unpaired) electrons. The Morgan fingerprint density at radius 3 is 1.56 bits per heavy atom. The van der Waals surface area contributed by atoms with E-state index in [-0.39, 0.29) is 0 Å². The molecule has 4 fully saturated rings. The quantitative estimate of drug-likeness (QED) is 0.588. The fourth-order valence-corrected chi connectivity index (χ4v) is 8.63. The average Bonchev–Trinajstić information content (AvgIpc) is 2.15. The Kier molecular flexibility index (Phi) is 1.54. The smallest absolute Gasteiger partial charge is 0.0301 e. The van der Waals surface area contributed by atoms with Gasteiger partial charge >= 0.3 is 0 Å². The van der Waals surface area contributed by atoms with Gasteiger partial charge in [0.15, 0.2) is 0 Å². The van der Waals surface area contributed by atoms with Crippen LogP contribution in [-0.2, 0) is 0 Å². The van der Waals surface area contributed by atoms with Gasteiger partial charge in [0.05, 0.1) is 0 Å². The molecular weight excluding hydrogens is 212 g/mol. The molecule has 0 aromatic rings. The fraction of sp³-hybridized carbons (Fsp3) is 1.00. The third-order valence-corrected chi connectivity index (χ3v) is 10.3. The van der Waals surface area contributed by atoms with Gasteiger partial charge in [-0.05, 0) is 28.1 Å². The molecule has 1 heteroatoms. The van der Waals surface area contributed by atoms with E-state index in [2.05, 4.69) is 67.2 Å². The highest BCUT2D eigenvalue weighted by Crippen LogP contribution is 3.02. The van der Waals surface area contributed by atoms with Gasteiger partial charge in [0.25, 0.3) is 0 Å². The Morgan fingerprint density at radius 1 is 0.875 bits per heavy atom. The van der Waals surface area contributed by atoms with E-state index in [0.717, 1.165) is 0 Å². The van der Waals surface area contributed by atoms with Crippen LogP contribution in [0.1, 0.15) is 61.8 Å². The van der Waals surface area contributed by atoms with Gasteiger partial charge in [-0.3, -0.25) is 0 Å². The van der Waals surface area contributed by atoms with Gasteiger partial charge in [-0.2, -0.15) is 0 Å². The molecular formula is C15H26S. The maximum Gasteiger partial charge on any atom is 0.0301 e. The van der Waals surface area contributed by atoms with Gasteiger partial charge in [0.2, 0.25) is 0 Å². The van der Waals surface area contributed by atoms with Crippen LogP contribution in [0.2, 0.25) is 0 Å². The molecule has 2 bridgehead atoms. The maximum absolute atomic E-state index is 2.56. The topological polar surface area (TPSA) is 0 Å². The Balaban J connectivity index is 2.14. The van der Waals surface area contributed by atoms with Gasteiger partial charge in [0, 0.05) is 9.49 Å². The fourth-order valence-electron chi connectivity index (χ4n) is 5.81. The standard InChI is InChI=1S/C15H26S/c1-10(2,3)14-9-15(16-14)12(6,7)13(15,8)11(14,4)5/h9H2,1-8H3. The van der Waals surface area contributed by atoms with Crippen LogP contribution in [0.5, 0.6) is 0 Å². The van der Waals surface area contributed by atoms with Crippen molar-refractivity contribution in [1.82, 2.24) is 0 Å². The molecule has 3 atom stereocenters. The Hall–Kier alpha value is 0.350. The lowest BCUT2D eigenvalue weighted by Crippen LogP contribution is -2.58. The molecule has 0 aromatic heterocycles. The molecule has 0 nitrogen and oxygen atoms in total. The lowest BCUT2D eigenvalue weighted by Gasteiger charge is -2.60. The summed E-state index contributed by atoms with van der Waals surface area (Å²) in [5.74, 6) is 0. The van der Waals surface area contributed by atoms with Crippen molar-refractivity contribution in [2.24, 2.45) is 21.7 Å². The van der Waals surface area contributed by atoms with Crippen molar-refractivity contribution in [3.05, 3.63) is 0 Å². The third kappa shape index (κ3) is 0.618. The van der Waals surface area contributed by atoms with Gasteiger partial charge in [-0.1, -0.05) is 55.4 Å². The highest BCUT2D eigenvalue weighted by atomic mass is 32.2. The van der Waals surface area contributed by atoms with E-state index in [1.165, 1.54) is 6.42 Å². The molecule has 2 saturated heterocycles. The first-order valence-electron chi connectivity index (χ1n) is 6.62.